The quantitative estimate of drug-likeness (QED) is 0.501. The van der Waals surface area contributed by atoms with Crippen molar-refractivity contribution >= 4 is 25.0 Å². The SMILES string of the molecule is C=Nc1c(C=O)cnn1/C=C\C. The van der Waals surface area contributed by atoms with Crippen LogP contribution in [0, 0.1) is 0 Å². The number of carbonyl (C=O) groups is 1. The highest BCUT2D eigenvalue weighted by atomic mass is 16.1. The maximum absolute atomic E-state index is 10.4. The summed E-state index contributed by atoms with van der Waals surface area (Å²) in [6.45, 7) is 5.21. The van der Waals surface area contributed by atoms with Crippen molar-refractivity contribution in [3.8, 4) is 0 Å². The van der Waals surface area contributed by atoms with Crippen LogP contribution >= 0.6 is 0 Å². The summed E-state index contributed by atoms with van der Waals surface area (Å²) in [5.74, 6) is 0.475. The Morgan fingerprint density at radius 1 is 1.75 bits per heavy atom. The Morgan fingerprint density at radius 2 is 2.50 bits per heavy atom. The zero-order valence-corrected chi connectivity index (χ0v) is 6.77. The van der Waals surface area contributed by atoms with Crippen LogP contribution in [0.15, 0.2) is 17.3 Å². The first-order valence-electron chi connectivity index (χ1n) is 3.45. The van der Waals surface area contributed by atoms with Gasteiger partial charge in [-0.1, -0.05) is 6.08 Å². The lowest BCUT2D eigenvalue weighted by Crippen LogP contribution is -1.86. The molecule has 0 spiro atoms. The van der Waals surface area contributed by atoms with E-state index in [1.165, 1.54) is 10.9 Å². The van der Waals surface area contributed by atoms with Crippen LogP contribution in [-0.4, -0.2) is 22.8 Å². The van der Waals surface area contributed by atoms with Crippen molar-refractivity contribution in [2.45, 2.75) is 6.92 Å². The number of allylic oxidation sites excluding steroid dienone is 1. The van der Waals surface area contributed by atoms with E-state index in [-0.39, 0.29) is 0 Å². The maximum Gasteiger partial charge on any atom is 0.164 e. The molecule has 1 heterocycles. The van der Waals surface area contributed by atoms with Gasteiger partial charge in [0.25, 0.3) is 0 Å². The number of carbonyl (C=O) groups excluding carboxylic acids is 1. The van der Waals surface area contributed by atoms with Crippen molar-refractivity contribution in [1.29, 1.82) is 0 Å². The van der Waals surface area contributed by atoms with Crippen LogP contribution in [0.25, 0.3) is 6.20 Å². The van der Waals surface area contributed by atoms with Crippen LogP contribution in [0.5, 0.6) is 0 Å². The zero-order valence-electron chi connectivity index (χ0n) is 6.77. The Morgan fingerprint density at radius 3 is 3.00 bits per heavy atom. The summed E-state index contributed by atoms with van der Waals surface area (Å²) in [6, 6.07) is 0. The summed E-state index contributed by atoms with van der Waals surface area (Å²) in [4.78, 5) is 14.1. The normalized spacial score (nSPS) is 10.4. The molecule has 0 saturated heterocycles. The molecule has 0 atom stereocenters. The lowest BCUT2D eigenvalue weighted by molar-refractivity contribution is 0.112. The molecule has 0 aliphatic rings. The second-order valence-corrected chi connectivity index (χ2v) is 2.13. The molecule has 0 unspecified atom stereocenters. The summed E-state index contributed by atoms with van der Waals surface area (Å²) >= 11 is 0. The molecule has 1 rings (SSSR count). The first kappa shape index (κ1) is 8.39. The number of hydrogen-bond donors (Lipinski definition) is 0. The molecular weight excluding hydrogens is 154 g/mol. The van der Waals surface area contributed by atoms with Gasteiger partial charge in [0, 0.05) is 6.20 Å². The van der Waals surface area contributed by atoms with E-state index in [9.17, 15) is 4.79 Å². The molecule has 0 aliphatic carbocycles. The third-order valence-corrected chi connectivity index (χ3v) is 1.36. The fourth-order valence-electron chi connectivity index (χ4n) is 0.866. The second-order valence-electron chi connectivity index (χ2n) is 2.13. The molecule has 4 heteroatoms. The maximum atomic E-state index is 10.4. The Bertz CT molecular complexity index is 325. The minimum Gasteiger partial charge on any atom is -0.298 e. The molecule has 0 saturated carbocycles. The van der Waals surface area contributed by atoms with Gasteiger partial charge in [0.15, 0.2) is 12.1 Å². The van der Waals surface area contributed by atoms with Gasteiger partial charge in [-0.05, 0) is 13.6 Å². The van der Waals surface area contributed by atoms with E-state index in [2.05, 4.69) is 16.8 Å². The van der Waals surface area contributed by atoms with Gasteiger partial charge >= 0.3 is 0 Å². The van der Waals surface area contributed by atoms with E-state index in [1.54, 1.807) is 12.3 Å². The minimum atomic E-state index is 0.447. The zero-order chi connectivity index (χ0) is 8.97. The van der Waals surface area contributed by atoms with Crippen molar-refractivity contribution in [1.82, 2.24) is 9.78 Å². The van der Waals surface area contributed by atoms with Crippen LogP contribution in [-0.2, 0) is 0 Å². The number of aliphatic imine (C=N–C) groups is 1. The molecule has 0 amide bonds. The molecule has 0 aliphatic heterocycles. The number of aromatic nitrogens is 2. The van der Waals surface area contributed by atoms with Crippen molar-refractivity contribution in [2.24, 2.45) is 4.99 Å². The van der Waals surface area contributed by atoms with Crippen molar-refractivity contribution in [3.05, 3.63) is 17.8 Å². The summed E-state index contributed by atoms with van der Waals surface area (Å²) < 4.78 is 1.50. The highest BCUT2D eigenvalue weighted by molar-refractivity contribution is 5.82. The third-order valence-electron chi connectivity index (χ3n) is 1.36. The van der Waals surface area contributed by atoms with Crippen LogP contribution in [0.3, 0.4) is 0 Å². The lowest BCUT2D eigenvalue weighted by atomic mass is 10.4. The van der Waals surface area contributed by atoms with Gasteiger partial charge < -0.3 is 0 Å². The second kappa shape index (κ2) is 3.61. The van der Waals surface area contributed by atoms with Gasteiger partial charge in [-0.25, -0.2) is 9.67 Å². The molecule has 62 valence electrons. The van der Waals surface area contributed by atoms with Gasteiger partial charge in [0.2, 0.25) is 0 Å². The van der Waals surface area contributed by atoms with Gasteiger partial charge in [-0.15, -0.1) is 0 Å². The summed E-state index contributed by atoms with van der Waals surface area (Å²) in [6.07, 6.45) is 5.67. The first-order valence-corrected chi connectivity index (χ1v) is 3.45. The minimum absolute atomic E-state index is 0.447. The summed E-state index contributed by atoms with van der Waals surface area (Å²) in [7, 11) is 0. The standard InChI is InChI=1S/C8H9N3O/c1-3-4-11-8(9-2)7(6-12)5-10-11/h3-6H,2H2,1H3/b4-3-. The van der Waals surface area contributed by atoms with Gasteiger partial charge in [-0.3, -0.25) is 4.79 Å². The Hall–Kier alpha value is -1.71. The number of aldehydes is 1. The average Bonchev–Trinajstić information content (AvgIpc) is 2.47. The van der Waals surface area contributed by atoms with Crippen molar-refractivity contribution < 1.29 is 4.79 Å². The van der Waals surface area contributed by atoms with Crippen molar-refractivity contribution in [2.75, 3.05) is 0 Å². The van der Waals surface area contributed by atoms with E-state index in [0.717, 1.165) is 0 Å². The van der Waals surface area contributed by atoms with E-state index in [0.29, 0.717) is 17.7 Å². The van der Waals surface area contributed by atoms with Crippen molar-refractivity contribution in [3.63, 3.8) is 0 Å². The topological polar surface area (TPSA) is 47.2 Å². The third kappa shape index (κ3) is 1.32. The largest absolute Gasteiger partial charge is 0.298 e. The highest BCUT2D eigenvalue weighted by Gasteiger charge is 2.04. The van der Waals surface area contributed by atoms with E-state index in [1.807, 2.05) is 6.92 Å². The fraction of sp³-hybridized carbons (Fsp3) is 0.125. The number of hydrogen-bond acceptors (Lipinski definition) is 3. The highest BCUT2D eigenvalue weighted by Crippen LogP contribution is 2.15. The van der Waals surface area contributed by atoms with E-state index < -0.39 is 0 Å². The Kier molecular flexibility index (Phi) is 2.53. The van der Waals surface area contributed by atoms with E-state index in [4.69, 9.17) is 0 Å². The molecule has 0 aromatic carbocycles. The van der Waals surface area contributed by atoms with Crippen LogP contribution < -0.4 is 0 Å². The predicted octanol–water partition coefficient (Wildman–Crippen LogP) is 1.52. The first-order chi connectivity index (χ1) is 5.83. The van der Waals surface area contributed by atoms with E-state index >= 15 is 0 Å². The summed E-state index contributed by atoms with van der Waals surface area (Å²) in [5, 5.41) is 3.91. The van der Waals surface area contributed by atoms with Gasteiger partial charge in [0.05, 0.1) is 11.8 Å². The Balaban J connectivity index is 3.21. The monoisotopic (exact) mass is 163 g/mol. The van der Waals surface area contributed by atoms with Crippen LogP contribution in [0.4, 0.5) is 5.82 Å². The molecule has 0 radical (unpaired) electrons. The van der Waals surface area contributed by atoms with Gasteiger partial charge in [0.1, 0.15) is 0 Å². The number of rotatable bonds is 3. The Labute approximate surface area is 70.2 Å². The molecular formula is C8H9N3O. The lowest BCUT2D eigenvalue weighted by Gasteiger charge is -1.94. The molecule has 1 aromatic rings. The molecule has 1 aromatic heterocycles. The predicted molar refractivity (Wildman–Crippen MR) is 47.8 cm³/mol. The average molecular weight is 163 g/mol. The van der Waals surface area contributed by atoms with Crippen LogP contribution in [0.2, 0.25) is 0 Å². The fourth-order valence-corrected chi connectivity index (χ4v) is 0.866. The molecule has 4 nitrogen and oxygen atoms in total. The molecule has 0 N–H and O–H groups in total. The summed E-state index contributed by atoms with van der Waals surface area (Å²) in [5.41, 5.74) is 0.447. The molecule has 12 heavy (non-hydrogen) atoms. The number of nitrogens with zero attached hydrogens (tertiary/aromatic N) is 3. The van der Waals surface area contributed by atoms with Crippen LogP contribution in [0.1, 0.15) is 17.3 Å². The molecule has 0 bridgehead atoms. The molecule has 0 fully saturated rings. The van der Waals surface area contributed by atoms with Gasteiger partial charge in [-0.2, -0.15) is 5.10 Å². The smallest absolute Gasteiger partial charge is 0.164 e.